The second-order valence-electron chi connectivity index (χ2n) is 3.17. The molecule has 0 aromatic heterocycles. The van der Waals surface area contributed by atoms with Gasteiger partial charge in [-0.2, -0.15) is 0 Å². The highest BCUT2D eigenvalue weighted by Crippen LogP contribution is 2.15. The minimum absolute atomic E-state index is 0.0101. The van der Waals surface area contributed by atoms with Crippen molar-refractivity contribution in [2.75, 3.05) is 11.3 Å². The summed E-state index contributed by atoms with van der Waals surface area (Å²) in [5.41, 5.74) is 5.18. The lowest BCUT2D eigenvalue weighted by molar-refractivity contribution is 0.587. The average molecular weight is 232 g/mol. The zero-order valence-corrected chi connectivity index (χ0v) is 9.09. The van der Waals surface area contributed by atoms with Gasteiger partial charge in [-0.15, -0.1) is 0 Å². The summed E-state index contributed by atoms with van der Waals surface area (Å²) in [6, 6.07) is 5.58. The molecule has 1 unspecified atom stereocenters. The molecule has 84 valence electrons. The Labute approximate surface area is 88.3 Å². The summed E-state index contributed by atoms with van der Waals surface area (Å²) in [6.07, 6.45) is 0. The maximum Gasteiger partial charge on any atom is 0.236 e. The van der Waals surface area contributed by atoms with Gasteiger partial charge in [0.05, 0.1) is 10.9 Å². The van der Waals surface area contributed by atoms with E-state index >= 15 is 0 Å². The Kier molecular flexibility index (Phi) is 3.65. The van der Waals surface area contributed by atoms with Gasteiger partial charge in [0.15, 0.2) is 0 Å². The van der Waals surface area contributed by atoms with Crippen LogP contribution in [0.4, 0.5) is 10.1 Å². The molecule has 0 saturated carbocycles. The lowest BCUT2D eigenvalue weighted by atomic mass is 10.3. The van der Waals surface area contributed by atoms with Crippen LogP contribution in [0.3, 0.4) is 0 Å². The molecule has 0 aliphatic heterocycles. The van der Waals surface area contributed by atoms with Crippen LogP contribution < -0.4 is 10.5 Å². The third-order valence-corrected chi connectivity index (χ3v) is 3.74. The number of nitrogens with one attached hydrogen (secondary N) is 1. The molecule has 3 N–H and O–H groups in total. The molecule has 0 spiro atoms. The van der Waals surface area contributed by atoms with E-state index in [1.54, 1.807) is 6.07 Å². The highest BCUT2D eigenvalue weighted by atomic mass is 32.2. The number of rotatable bonds is 4. The normalized spacial score (nSPS) is 13.5. The van der Waals surface area contributed by atoms with Crippen LogP contribution in [0.2, 0.25) is 0 Å². The Morgan fingerprint density at radius 3 is 2.60 bits per heavy atom. The molecule has 4 nitrogen and oxygen atoms in total. The van der Waals surface area contributed by atoms with E-state index in [0.717, 1.165) is 0 Å². The minimum atomic E-state index is -3.60. The molecular formula is C9H13FN2O2S. The second-order valence-corrected chi connectivity index (χ2v) is 5.27. The van der Waals surface area contributed by atoms with E-state index in [2.05, 4.69) is 4.72 Å². The Bertz CT molecular complexity index is 433. The van der Waals surface area contributed by atoms with Crippen molar-refractivity contribution in [3.63, 3.8) is 0 Å². The summed E-state index contributed by atoms with van der Waals surface area (Å²) >= 11 is 0. The first-order valence-corrected chi connectivity index (χ1v) is 5.98. The van der Waals surface area contributed by atoms with Gasteiger partial charge in [0.2, 0.25) is 10.0 Å². The van der Waals surface area contributed by atoms with Crippen LogP contribution in [0.5, 0.6) is 0 Å². The Balaban J connectivity index is 2.92. The predicted molar refractivity (Wildman–Crippen MR) is 57.5 cm³/mol. The van der Waals surface area contributed by atoms with Crippen LogP contribution in [-0.4, -0.2) is 20.2 Å². The van der Waals surface area contributed by atoms with Crippen LogP contribution in [0, 0.1) is 5.82 Å². The van der Waals surface area contributed by atoms with Crippen molar-refractivity contribution in [3.8, 4) is 0 Å². The fourth-order valence-electron chi connectivity index (χ4n) is 0.925. The van der Waals surface area contributed by atoms with Gasteiger partial charge >= 0.3 is 0 Å². The number of benzene rings is 1. The quantitative estimate of drug-likeness (QED) is 0.810. The van der Waals surface area contributed by atoms with Crippen molar-refractivity contribution in [1.29, 1.82) is 0 Å². The van der Waals surface area contributed by atoms with Gasteiger partial charge in [-0.1, -0.05) is 12.1 Å². The zero-order valence-electron chi connectivity index (χ0n) is 8.27. The fraction of sp³-hybridized carbons (Fsp3) is 0.333. The molecule has 0 saturated heterocycles. The standard InChI is InChI=1S/C9H13FN2O2S/c1-7(6-11)15(13,14)12-9-5-3-2-4-8(9)10/h2-5,7,12H,6,11H2,1H3. The minimum Gasteiger partial charge on any atom is -0.329 e. The van der Waals surface area contributed by atoms with Crippen molar-refractivity contribution in [3.05, 3.63) is 30.1 Å². The SMILES string of the molecule is CC(CN)S(=O)(=O)Nc1ccccc1F. The summed E-state index contributed by atoms with van der Waals surface area (Å²) < 4.78 is 38.3. The number of para-hydroxylation sites is 1. The van der Waals surface area contributed by atoms with Gasteiger partial charge in [-0.3, -0.25) is 4.72 Å². The summed E-state index contributed by atoms with van der Waals surface area (Å²) in [7, 11) is -3.60. The first-order valence-electron chi connectivity index (χ1n) is 4.43. The lowest BCUT2D eigenvalue weighted by Crippen LogP contribution is -2.31. The molecule has 0 radical (unpaired) electrons. The molecule has 1 aromatic rings. The molecule has 6 heteroatoms. The number of anilines is 1. The number of nitrogens with two attached hydrogens (primary N) is 1. The van der Waals surface area contributed by atoms with E-state index < -0.39 is 21.1 Å². The van der Waals surface area contributed by atoms with Crippen molar-refractivity contribution < 1.29 is 12.8 Å². The molecule has 0 heterocycles. The second kappa shape index (κ2) is 4.59. The van der Waals surface area contributed by atoms with Gasteiger partial charge in [-0.05, 0) is 19.1 Å². The molecule has 1 aromatic carbocycles. The van der Waals surface area contributed by atoms with E-state index in [9.17, 15) is 12.8 Å². The molecule has 0 aliphatic rings. The third-order valence-electron chi connectivity index (χ3n) is 1.99. The lowest BCUT2D eigenvalue weighted by Gasteiger charge is -2.13. The molecule has 1 rings (SSSR count). The first kappa shape index (κ1) is 11.9. The average Bonchev–Trinajstić information content (AvgIpc) is 2.20. The maximum atomic E-state index is 13.1. The maximum absolute atomic E-state index is 13.1. The smallest absolute Gasteiger partial charge is 0.236 e. The van der Waals surface area contributed by atoms with Gasteiger partial charge in [-0.25, -0.2) is 12.8 Å². The summed E-state index contributed by atoms with van der Waals surface area (Å²) in [5.74, 6) is -0.606. The molecular weight excluding hydrogens is 219 g/mol. The zero-order chi connectivity index (χ0) is 11.5. The van der Waals surface area contributed by atoms with E-state index in [-0.39, 0.29) is 12.2 Å². The number of hydrogen-bond donors (Lipinski definition) is 2. The van der Waals surface area contributed by atoms with Crippen LogP contribution >= 0.6 is 0 Å². The van der Waals surface area contributed by atoms with Crippen molar-refractivity contribution in [2.45, 2.75) is 12.2 Å². The van der Waals surface area contributed by atoms with E-state index in [4.69, 9.17) is 5.73 Å². The first-order chi connectivity index (χ1) is 6.97. The molecule has 0 aliphatic carbocycles. The summed E-state index contributed by atoms with van der Waals surface area (Å²) in [4.78, 5) is 0. The number of halogens is 1. The third kappa shape index (κ3) is 2.90. The van der Waals surface area contributed by atoms with Crippen molar-refractivity contribution in [1.82, 2.24) is 0 Å². The monoisotopic (exact) mass is 232 g/mol. The molecule has 0 fully saturated rings. The highest BCUT2D eigenvalue weighted by molar-refractivity contribution is 7.93. The van der Waals surface area contributed by atoms with Gasteiger partial charge in [0.25, 0.3) is 0 Å². The van der Waals surface area contributed by atoms with Crippen LogP contribution in [0.15, 0.2) is 24.3 Å². The van der Waals surface area contributed by atoms with Gasteiger partial charge < -0.3 is 5.73 Å². The van der Waals surface area contributed by atoms with Crippen LogP contribution in [0.1, 0.15) is 6.92 Å². The molecule has 0 amide bonds. The summed E-state index contributed by atoms with van der Waals surface area (Å²) in [5, 5.41) is -0.753. The topological polar surface area (TPSA) is 72.2 Å². The van der Waals surface area contributed by atoms with Gasteiger partial charge in [0, 0.05) is 6.54 Å². The Morgan fingerprint density at radius 2 is 2.07 bits per heavy atom. The van der Waals surface area contributed by atoms with E-state index in [1.807, 2.05) is 0 Å². The molecule has 1 atom stereocenters. The Hall–Kier alpha value is -1.14. The van der Waals surface area contributed by atoms with Gasteiger partial charge in [0.1, 0.15) is 5.82 Å². The van der Waals surface area contributed by atoms with Crippen molar-refractivity contribution >= 4 is 15.7 Å². The fourth-order valence-corrected chi connectivity index (χ4v) is 1.85. The Morgan fingerprint density at radius 1 is 1.47 bits per heavy atom. The molecule has 15 heavy (non-hydrogen) atoms. The molecule has 0 bridgehead atoms. The van der Waals surface area contributed by atoms with Crippen LogP contribution in [0.25, 0.3) is 0 Å². The summed E-state index contributed by atoms with van der Waals surface area (Å²) in [6.45, 7) is 1.45. The van der Waals surface area contributed by atoms with E-state index in [1.165, 1.54) is 25.1 Å². The van der Waals surface area contributed by atoms with E-state index in [0.29, 0.717) is 0 Å². The number of hydrogen-bond acceptors (Lipinski definition) is 3. The predicted octanol–water partition coefficient (Wildman–Crippen LogP) is 0.915. The van der Waals surface area contributed by atoms with Crippen LogP contribution in [-0.2, 0) is 10.0 Å². The highest BCUT2D eigenvalue weighted by Gasteiger charge is 2.19. The van der Waals surface area contributed by atoms with Crippen molar-refractivity contribution in [2.24, 2.45) is 5.73 Å². The number of sulfonamides is 1. The largest absolute Gasteiger partial charge is 0.329 e.